The van der Waals surface area contributed by atoms with Gasteiger partial charge in [0, 0.05) is 22.3 Å². The molecule has 12 rings (SSSR count). The van der Waals surface area contributed by atoms with Crippen LogP contribution in [0.15, 0.2) is 170 Å². The van der Waals surface area contributed by atoms with E-state index in [1.54, 1.807) is 0 Å². The maximum atomic E-state index is 7.93. The first kappa shape index (κ1) is 32.2. The summed E-state index contributed by atoms with van der Waals surface area (Å²) in [4.78, 5) is 0. The van der Waals surface area contributed by atoms with E-state index in [1.807, 2.05) is 0 Å². The van der Waals surface area contributed by atoms with Crippen molar-refractivity contribution in [3.05, 3.63) is 259 Å². The molecular weight excluding hydrogens is 681 g/mol. The Kier molecular flexibility index (Phi) is 6.23. The average Bonchev–Trinajstić information content (AvgIpc) is 3.97. The number of hydrogen-bond acceptors (Lipinski definition) is 2. The first-order valence-electron chi connectivity index (χ1n) is 19.9. The molecule has 0 saturated carbocycles. The molecule has 0 aromatic heterocycles. The van der Waals surface area contributed by atoms with E-state index in [2.05, 4.69) is 198 Å². The Bertz CT molecular complexity index is 2550. The number of benzene rings is 8. The Balaban J connectivity index is 1.30. The molecule has 268 valence electrons. The zero-order valence-electron chi connectivity index (χ0n) is 32.0. The van der Waals surface area contributed by atoms with Crippen LogP contribution in [0.4, 0.5) is 0 Å². The molecule has 0 saturated heterocycles. The lowest BCUT2D eigenvalue weighted by Gasteiger charge is -2.37. The molecule has 0 unspecified atom stereocenters. The molecule has 0 fully saturated rings. The fourth-order valence-corrected chi connectivity index (χ4v) is 12.1. The van der Waals surface area contributed by atoms with Gasteiger partial charge in [0.15, 0.2) is 0 Å². The lowest BCUT2D eigenvalue weighted by atomic mass is 9.62. The van der Waals surface area contributed by atoms with Crippen molar-refractivity contribution in [1.82, 2.24) is 0 Å². The first-order valence-corrected chi connectivity index (χ1v) is 19.9. The molecule has 0 aliphatic carbocycles. The van der Waals surface area contributed by atoms with Gasteiger partial charge >= 0.3 is 0 Å². The topological polar surface area (TPSA) is 18.5 Å². The van der Waals surface area contributed by atoms with Crippen LogP contribution in [-0.4, -0.2) is 0 Å². The highest BCUT2D eigenvalue weighted by Gasteiger charge is 2.68. The van der Waals surface area contributed by atoms with E-state index in [-0.39, 0.29) is 0 Å². The lowest BCUT2D eigenvalue weighted by Crippen LogP contribution is -2.31. The van der Waals surface area contributed by atoms with Crippen LogP contribution < -0.4 is 0 Å². The molecule has 0 N–H and O–H groups in total. The normalized spacial score (nSPS) is 24.6. The molecule has 4 aliphatic heterocycles. The highest BCUT2D eigenvalue weighted by Crippen LogP contribution is 2.71. The van der Waals surface area contributed by atoms with Crippen molar-refractivity contribution in [2.24, 2.45) is 0 Å². The minimum absolute atomic E-state index is 0.796. The fourth-order valence-electron chi connectivity index (χ4n) is 12.1. The van der Waals surface area contributed by atoms with Gasteiger partial charge in [-0.25, -0.2) is 0 Å². The van der Waals surface area contributed by atoms with Crippen LogP contribution in [-0.2, 0) is 31.9 Å². The third-order valence-corrected chi connectivity index (χ3v) is 13.9. The summed E-state index contributed by atoms with van der Waals surface area (Å²) in [6, 6.07) is 61.6. The summed E-state index contributed by atoms with van der Waals surface area (Å²) in [5.74, 6) is 0. The second kappa shape index (κ2) is 10.8. The largest absolute Gasteiger partial charge is 0.340 e. The zero-order chi connectivity index (χ0) is 37.6. The molecule has 0 radical (unpaired) electrons. The minimum atomic E-state index is -0.796. The van der Waals surface area contributed by atoms with Gasteiger partial charge in [-0.1, -0.05) is 170 Å². The second-order valence-corrected chi connectivity index (χ2v) is 16.2. The smallest absolute Gasteiger partial charge is 0.146 e. The molecule has 2 nitrogen and oxygen atoms in total. The van der Waals surface area contributed by atoms with E-state index in [9.17, 15) is 0 Å². The summed E-state index contributed by atoms with van der Waals surface area (Å²) < 4.78 is 15.9. The third kappa shape index (κ3) is 3.41. The Hall–Kier alpha value is -6.06. The zero-order valence-corrected chi connectivity index (χ0v) is 32.0. The Morgan fingerprint density at radius 3 is 0.679 bits per heavy atom. The first-order chi connectivity index (χ1) is 27.4. The number of hydrogen-bond donors (Lipinski definition) is 0. The molecule has 8 aromatic carbocycles. The predicted octanol–water partition coefficient (Wildman–Crippen LogP) is 11.9. The predicted molar refractivity (Wildman–Crippen MR) is 223 cm³/mol. The standard InChI is InChI=1S/C54H40O2/c1-33-45-34(2)49-50(54(40-27-15-8-16-28-40)44-32-20-19-31-43(44)53(49,56-54)39-25-13-7-14-26-39)36(4)46(45)35(3)48-47(33)51(37-21-9-5-10-22-37)41-29-17-18-30-42(41)52(48,55-51)38-23-11-6-12-24-38/h5-32H,1-4H3/t51-,52-,53-,54-/m0/s1. The molecule has 4 heterocycles. The number of rotatable bonds is 4. The van der Waals surface area contributed by atoms with Gasteiger partial charge in [-0.3, -0.25) is 0 Å². The van der Waals surface area contributed by atoms with Gasteiger partial charge in [-0.2, -0.15) is 0 Å². The quantitative estimate of drug-likeness (QED) is 0.180. The summed E-state index contributed by atoms with van der Waals surface area (Å²) >= 11 is 0. The molecule has 2 heteroatoms. The van der Waals surface area contributed by atoms with Crippen LogP contribution >= 0.6 is 0 Å². The highest BCUT2D eigenvalue weighted by molar-refractivity contribution is 6.01. The van der Waals surface area contributed by atoms with Crippen LogP contribution in [0.2, 0.25) is 0 Å². The SMILES string of the molecule is Cc1c2c(c(C)c3c(C)c4c(c(C)c13)[C@@]1(c3ccccc3)O[C@@]4(c3ccccc3)c3ccccc31)[C@@]1(c3ccccc3)O[C@@]2(c2ccccc2)c2ccccc21. The van der Waals surface area contributed by atoms with Crippen molar-refractivity contribution in [2.45, 2.75) is 50.1 Å². The fraction of sp³-hybridized carbons (Fsp3) is 0.148. The highest BCUT2D eigenvalue weighted by atomic mass is 16.5. The number of fused-ring (bicyclic) bond motifs is 17. The van der Waals surface area contributed by atoms with Crippen LogP contribution in [0, 0.1) is 27.7 Å². The van der Waals surface area contributed by atoms with E-state index in [1.165, 1.54) is 77.5 Å². The van der Waals surface area contributed by atoms with Gasteiger partial charge in [0.05, 0.1) is 0 Å². The molecule has 0 amide bonds. The Morgan fingerprint density at radius 1 is 0.268 bits per heavy atom. The van der Waals surface area contributed by atoms with E-state index < -0.39 is 22.4 Å². The molecular formula is C54H40O2. The molecule has 4 atom stereocenters. The van der Waals surface area contributed by atoms with Crippen LogP contribution in [0.3, 0.4) is 0 Å². The second-order valence-electron chi connectivity index (χ2n) is 16.2. The Labute approximate surface area is 328 Å². The third-order valence-electron chi connectivity index (χ3n) is 13.9. The maximum absolute atomic E-state index is 7.93. The molecule has 4 bridgehead atoms. The van der Waals surface area contributed by atoms with E-state index in [4.69, 9.17) is 9.47 Å². The van der Waals surface area contributed by atoms with Gasteiger partial charge in [0.2, 0.25) is 0 Å². The molecule has 0 spiro atoms. The maximum Gasteiger partial charge on any atom is 0.146 e. The Morgan fingerprint density at radius 2 is 0.464 bits per heavy atom. The monoisotopic (exact) mass is 720 g/mol. The van der Waals surface area contributed by atoms with E-state index in [0.29, 0.717) is 0 Å². The molecule has 4 aliphatic rings. The van der Waals surface area contributed by atoms with E-state index in [0.717, 1.165) is 22.3 Å². The van der Waals surface area contributed by atoms with Crippen molar-refractivity contribution in [1.29, 1.82) is 0 Å². The van der Waals surface area contributed by atoms with Crippen LogP contribution in [0.25, 0.3) is 10.8 Å². The van der Waals surface area contributed by atoms with Crippen molar-refractivity contribution < 1.29 is 9.47 Å². The minimum Gasteiger partial charge on any atom is -0.340 e. The van der Waals surface area contributed by atoms with Gasteiger partial charge < -0.3 is 9.47 Å². The summed E-state index contributed by atoms with van der Waals surface area (Å²) in [5, 5.41) is 2.61. The molecule has 8 aromatic rings. The average molecular weight is 721 g/mol. The van der Waals surface area contributed by atoms with Crippen LogP contribution in [0.5, 0.6) is 0 Å². The van der Waals surface area contributed by atoms with Gasteiger partial charge in [0.1, 0.15) is 22.4 Å². The number of aryl methyl sites for hydroxylation is 4. The number of ether oxygens (including phenoxy) is 2. The van der Waals surface area contributed by atoms with Gasteiger partial charge in [0.25, 0.3) is 0 Å². The van der Waals surface area contributed by atoms with Crippen molar-refractivity contribution in [3.63, 3.8) is 0 Å². The summed E-state index contributed by atoms with van der Waals surface area (Å²) in [7, 11) is 0. The van der Waals surface area contributed by atoms with Crippen molar-refractivity contribution in [3.8, 4) is 0 Å². The summed E-state index contributed by atoms with van der Waals surface area (Å²) in [5.41, 5.74) is 16.5. The van der Waals surface area contributed by atoms with Gasteiger partial charge in [-0.05, 0) is 105 Å². The van der Waals surface area contributed by atoms with E-state index >= 15 is 0 Å². The van der Waals surface area contributed by atoms with Crippen molar-refractivity contribution in [2.75, 3.05) is 0 Å². The summed E-state index contributed by atoms with van der Waals surface area (Å²) in [6.07, 6.45) is 0. The van der Waals surface area contributed by atoms with Gasteiger partial charge in [-0.15, -0.1) is 0 Å². The van der Waals surface area contributed by atoms with Crippen molar-refractivity contribution >= 4 is 10.8 Å². The lowest BCUT2D eigenvalue weighted by molar-refractivity contribution is -0.0261. The summed E-state index contributed by atoms with van der Waals surface area (Å²) in [6.45, 7) is 9.44. The van der Waals surface area contributed by atoms with Crippen LogP contribution in [0.1, 0.15) is 89.0 Å². The molecule has 56 heavy (non-hydrogen) atoms.